The van der Waals surface area contributed by atoms with E-state index in [0.29, 0.717) is 46.1 Å². The molecule has 0 spiro atoms. The van der Waals surface area contributed by atoms with Crippen molar-refractivity contribution < 1.29 is 96.4 Å². The topological polar surface area (TPSA) is 321 Å². The van der Waals surface area contributed by atoms with Crippen molar-refractivity contribution in [3.05, 3.63) is 55.6 Å². The smallest absolute Gasteiger partial charge is 0.408 e. The fourth-order valence-electron chi connectivity index (χ4n) is 6.14. The van der Waals surface area contributed by atoms with E-state index in [1.807, 2.05) is 0 Å². The predicted octanol–water partition coefficient (Wildman–Crippen LogP) is 5.38. The van der Waals surface area contributed by atoms with Gasteiger partial charge in [-0.05, 0) is 32.9 Å². The molecule has 0 radical (unpaired) electrons. The number of alkyl halides is 1. The molecule has 76 heavy (non-hydrogen) atoms. The van der Waals surface area contributed by atoms with Crippen LogP contribution >= 0.6 is 39.5 Å². The van der Waals surface area contributed by atoms with Gasteiger partial charge in [0.1, 0.15) is 18.2 Å². The Morgan fingerprint density at radius 3 is 1.46 bits per heavy atom. The predicted molar refractivity (Wildman–Crippen MR) is 287 cm³/mol. The molecule has 2 atom stereocenters. The number of alkyl carbamates (subject to hydrolysis) is 1. The number of carbonyl (C=O) groups excluding carboxylic acids is 3. The summed E-state index contributed by atoms with van der Waals surface area (Å²) in [6.45, 7) is 8.44. The van der Waals surface area contributed by atoms with Gasteiger partial charge in [0.25, 0.3) is 11.4 Å². The van der Waals surface area contributed by atoms with Crippen molar-refractivity contribution in [3.63, 3.8) is 0 Å². The summed E-state index contributed by atoms with van der Waals surface area (Å²) >= 11 is 5.82. The SMILES string of the molecule is C.COC(=O)C(C)CSCc1cc(OC)c(OCCOCCOCC(COCCO)(COCCO)COCCO)cc1[N+](=O)[O-].COC(=O)C(CSCc1cc(OC)c(OCCBr)cc1[N+](=O)[O-])NC(=O)OC(C)(C)C. The van der Waals surface area contributed by atoms with Gasteiger partial charge in [-0.15, -0.1) is 0 Å². The fraction of sp³-hybridized carbons (Fsp3) is 0.688. The summed E-state index contributed by atoms with van der Waals surface area (Å²) < 4.78 is 64.4. The van der Waals surface area contributed by atoms with Crippen molar-refractivity contribution >= 4 is 68.9 Å². The first-order valence-electron chi connectivity index (χ1n) is 23.3. The first-order valence-corrected chi connectivity index (χ1v) is 26.8. The van der Waals surface area contributed by atoms with Crippen molar-refractivity contribution in [2.75, 3.05) is 144 Å². The molecular weight excluding hydrogens is 1110 g/mol. The summed E-state index contributed by atoms with van der Waals surface area (Å²) in [4.78, 5) is 57.9. The van der Waals surface area contributed by atoms with E-state index in [2.05, 4.69) is 21.2 Å². The van der Waals surface area contributed by atoms with E-state index in [-0.39, 0.29) is 146 Å². The quantitative estimate of drug-likeness (QED) is 0.0163. The van der Waals surface area contributed by atoms with Crippen LogP contribution in [0.25, 0.3) is 0 Å². The second-order valence-electron chi connectivity index (χ2n) is 16.8. The van der Waals surface area contributed by atoms with Crippen molar-refractivity contribution in [3.8, 4) is 23.0 Å². The van der Waals surface area contributed by atoms with Crippen LogP contribution in [0.4, 0.5) is 16.2 Å². The molecule has 436 valence electrons. The molecule has 0 heterocycles. The Kier molecular flexibility index (Phi) is 38.3. The third-order valence-corrected chi connectivity index (χ3v) is 12.3. The van der Waals surface area contributed by atoms with Gasteiger partial charge in [0, 0.05) is 39.5 Å². The first kappa shape index (κ1) is 71.5. The fourth-order valence-corrected chi connectivity index (χ4v) is 8.38. The van der Waals surface area contributed by atoms with Crippen molar-refractivity contribution in [1.82, 2.24) is 5.32 Å². The number of benzene rings is 2. The number of thioether (sulfide) groups is 2. The molecule has 0 aromatic heterocycles. The average Bonchev–Trinajstić information content (AvgIpc) is 3.37. The Hall–Kier alpha value is -4.49. The zero-order chi connectivity index (χ0) is 56.2. The highest BCUT2D eigenvalue weighted by molar-refractivity contribution is 9.09. The van der Waals surface area contributed by atoms with Gasteiger partial charge < -0.3 is 77.5 Å². The van der Waals surface area contributed by atoms with Crippen molar-refractivity contribution in [2.24, 2.45) is 11.3 Å². The molecule has 4 N–H and O–H groups in total. The van der Waals surface area contributed by atoms with Crippen LogP contribution in [0.2, 0.25) is 0 Å². The number of aliphatic hydroxyl groups excluding tert-OH is 3. The molecule has 0 saturated heterocycles. The highest BCUT2D eigenvalue weighted by Gasteiger charge is 2.33. The van der Waals surface area contributed by atoms with E-state index < -0.39 is 39.0 Å². The van der Waals surface area contributed by atoms with Gasteiger partial charge in [-0.25, -0.2) is 9.59 Å². The lowest BCUT2D eigenvalue weighted by atomic mass is 9.92. The number of ether oxygens (including phenoxy) is 12. The molecule has 0 aliphatic rings. The zero-order valence-corrected chi connectivity index (χ0v) is 47.0. The van der Waals surface area contributed by atoms with E-state index in [9.17, 15) is 34.6 Å². The van der Waals surface area contributed by atoms with Crippen LogP contribution in [0.15, 0.2) is 24.3 Å². The summed E-state index contributed by atoms with van der Waals surface area (Å²) in [6.07, 6.45) is -0.760. The standard InChI is InChI=1S/C28H47NO14S.C19H27BrN2O8S.CH4/c1-22(27(33)37-3)16-44-17-23-14-25(36-2)26(15-24(23)29(34)35)43-13-12-38-10-11-42-21-28(18-39-7-4-30,19-40-8-5-31)20-41-9-6-32;1-19(2,3)30-18(24)21-13(17(23)28-5)11-31-10-12-8-15(27-4)16(29-7-6-20)9-14(12)22(25)26;/h14-15,22,30-32H,4-13,16-21H2,1-3H3;8-9,13H,6-7,10-11H2,1-5H3,(H,21,24);1H4. The van der Waals surface area contributed by atoms with Crippen LogP contribution < -0.4 is 24.3 Å². The summed E-state index contributed by atoms with van der Waals surface area (Å²) in [5.74, 6) is 0.880. The van der Waals surface area contributed by atoms with Crippen LogP contribution in [0, 0.1) is 31.6 Å². The van der Waals surface area contributed by atoms with Crippen LogP contribution in [0.5, 0.6) is 23.0 Å². The van der Waals surface area contributed by atoms with E-state index in [4.69, 9.17) is 72.2 Å². The second kappa shape index (κ2) is 40.7. The maximum Gasteiger partial charge on any atom is 0.408 e. The Labute approximate surface area is 461 Å². The number of esters is 2. The molecule has 0 aliphatic carbocycles. The second-order valence-corrected chi connectivity index (χ2v) is 19.7. The highest BCUT2D eigenvalue weighted by Crippen LogP contribution is 2.38. The number of nitrogens with one attached hydrogen (secondary N) is 1. The third kappa shape index (κ3) is 28.8. The monoisotopic (exact) mass is 1190 g/mol. The molecule has 28 heteroatoms. The summed E-state index contributed by atoms with van der Waals surface area (Å²) in [5, 5.41) is 53.5. The third-order valence-electron chi connectivity index (χ3n) is 9.60. The molecular formula is C48H78BrN3O22S2. The Morgan fingerprint density at radius 2 is 1.05 bits per heavy atom. The lowest BCUT2D eigenvalue weighted by Crippen LogP contribution is -2.45. The molecule has 1 amide bonds. The lowest BCUT2D eigenvalue weighted by Gasteiger charge is -2.32. The number of amides is 1. The number of carbonyl (C=O) groups is 3. The van der Waals surface area contributed by atoms with Crippen LogP contribution in [-0.4, -0.2) is 199 Å². The molecule has 0 bridgehead atoms. The van der Waals surface area contributed by atoms with E-state index >= 15 is 0 Å². The normalized spacial score (nSPS) is 11.9. The number of aliphatic hydroxyl groups is 3. The minimum absolute atomic E-state index is 0. The maximum absolute atomic E-state index is 12.0. The number of hydrogen-bond acceptors (Lipinski definition) is 24. The Bertz CT molecular complexity index is 1980. The average molecular weight is 1190 g/mol. The molecule has 25 nitrogen and oxygen atoms in total. The molecule has 0 aliphatic heterocycles. The van der Waals surface area contributed by atoms with Gasteiger partial charge in [-0.2, -0.15) is 23.5 Å². The highest BCUT2D eigenvalue weighted by atomic mass is 79.9. The molecule has 0 saturated carbocycles. The number of nitrogens with zero attached hydrogens (tertiary/aromatic N) is 2. The summed E-state index contributed by atoms with van der Waals surface area (Å²) in [6, 6.07) is 4.74. The van der Waals surface area contributed by atoms with Gasteiger partial charge in [0.15, 0.2) is 23.0 Å². The number of halogens is 1. The molecule has 2 unspecified atom stereocenters. The lowest BCUT2D eigenvalue weighted by molar-refractivity contribution is -0.385. The van der Waals surface area contributed by atoms with Crippen LogP contribution in [0.1, 0.15) is 46.2 Å². The minimum atomic E-state index is -0.979. The number of methoxy groups -OCH3 is 4. The van der Waals surface area contributed by atoms with E-state index in [1.165, 1.54) is 70.2 Å². The largest absolute Gasteiger partial charge is 0.493 e. The van der Waals surface area contributed by atoms with Gasteiger partial charge >= 0.3 is 18.0 Å². The molecule has 2 aromatic carbocycles. The minimum Gasteiger partial charge on any atom is -0.493 e. The van der Waals surface area contributed by atoms with Crippen LogP contribution in [-0.2, 0) is 59.0 Å². The number of rotatable bonds is 39. The summed E-state index contributed by atoms with van der Waals surface area (Å²) in [7, 11) is 5.41. The molecule has 0 fully saturated rings. The summed E-state index contributed by atoms with van der Waals surface area (Å²) in [5.41, 5.74) is -0.889. The number of nitro benzene ring substituents is 2. The zero-order valence-electron chi connectivity index (χ0n) is 43.8. The Balaban J connectivity index is 0.00000155. The van der Waals surface area contributed by atoms with Gasteiger partial charge in [0.2, 0.25) is 0 Å². The van der Waals surface area contributed by atoms with Crippen molar-refractivity contribution in [2.45, 2.75) is 58.3 Å². The van der Waals surface area contributed by atoms with Gasteiger partial charge in [-0.1, -0.05) is 30.3 Å². The van der Waals surface area contributed by atoms with E-state index in [0.717, 1.165) is 0 Å². The van der Waals surface area contributed by atoms with E-state index in [1.54, 1.807) is 33.8 Å². The Morgan fingerprint density at radius 1 is 0.632 bits per heavy atom. The maximum atomic E-state index is 12.0. The molecule has 2 rings (SSSR count). The number of nitro groups is 2. The molecule has 2 aromatic rings. The van der Waals surface area contributed by atoms with Crippen molar-refractivity contribution in [1.29, 1.82) is 0 Å². The van der Waals surface area contributed by atoms with Gasteiger partial charge in [-0.3, -0.25) is 25.0 Å². The van der Waals surface area contributed by atoms with Crippen LogP contribution in [0.3, 0.4) is 0 Å². The van der Waals surface area contributed by atoms with Gasteiger partial charge in [0.05, 0.1) is 154 Å². The number of hydrogen-bond donors (Lipinski definition) is 4. The first-order chi connectivity index (χ1) is 35.8.